The lowest BCUT2D eigenvalue weighted by Gasteiger charge is -2.30. The van der Waals surface area contributed by atoms with Gasteiger partial charge in [0, 0.05) is 26.1 Å². The number of carbonyl (C=O) groups excluding carboxylic acids is 1. The first kappa shape index (κ1) is 14.5. The molecule has 100 valence electrons. The fraction of sp³-hybridized carbons (Fsp3) is 0.923. The predicted octanol–water partition coefficient (Wildman–Crippen LogP) is 0.834. The summed E-state index contributed by atoms with van der Waals surface area (Å²) in [7, 11) is 0. The summed E-state index contributed by atoms with van der Waals surface area (Å²) in [5.41, 5.74) is 0. The van der Waals surface area contributed by atoms with Gasteiger partial charge in [0.05, 0.1) is 0 Å². The van der Waals surface area contributed by atoms with Crippen LogP contribution < -0.4 is 10.6 Å². The average Bonchev–Trinajstić information content (AvgIpc) is 2.32. The molecule has 1 fully saturated rings. The van der Waals surface area contributed by atoms with Crippen LogP contribution >= 0.6 is 0 Å². The molecule has 0 radical (unpaired) electrons. The number of nitrogens with zero attached hydrogens (tertiary/aromatic N) is 1. The lowest BCUT2D eigenvalue weighted by Crippen LogP contribution is -2.39. The molecule has 1 amide bonds. The monoisotopic (exact) mass is 241 g/mol. The highest BCUT2D eigenvalue weighted by Gasteiger charge is 2.14. The molecule has 0 atom stereocenters. The Morgan fingerprint density at radius 1 is 1.29 bits per heavy atom. The summed E-state index contributed by atoms with van der Waals surface area (Å²) in [5.74, 6) is 1.04. The smallest absolute Gasteiger partial charge is 0.221 e. The van der Waals surface area contributed by atoms with Crippen LogP contribution in [-0.2, 0) is 4.79 Å². The second-order valence-electron chi connectivity index (χ2n) is 4.98. The van der Waals surface area contributed by atoms with Crippen molar-refractivity contribution in [1.29, 1.82) is 0 Å². The molecule has 1 heterocycles. The summed E-state index contributed by atoms with van der Waals surface area (Å²) >= 11 is 0. The minimum atomic E-state index is 0.163. The quantitative estimate of drug-likeness (QED) is 0.649. The van der Waals surface area contributed by atoms with Gasteiger partial charge in [0.25, 0.3) is 0 Å². The molecule has 0 aromatic rings. The van der Waals surface area contributed by atoms with Crippen molar-refractivity contribution in [3.8, 4) is 0 Å². The molecule has 4 heteroatoms. The van der Waals surface area contributed by atoms with Crippen LogP contribution in [0, 0.1) is 5.92 Å². The normalized spacial score (nSPS) is 18.2. The number of amides is 1. The Kier molecular flexibility index (Phi) is 7.21. The van der Waals surface area contributed by atoms with Crippen LogP contribution in [0.2, 0.25) is 0 Å². The van der Waals surface area contributed by atoms with E-state index in [2.05, 4.69) is 29.4 Å². The van der Waals surface area contributed by atoms with Crippen molar-refractivity contribution in [1.82, 2.24) is 15.5 Å². The molecule has 17 heavy (non-hydrogen) atoms. The Morgan fingerprint density at radius 3 is 2.65 bits per heavy atom. The van der Waals surface area contributed by atoms with Gasteiger partial charge in [0.1, 0.15) is 0 Å². The Bertz CT molecular complexity index is 213. The van der Waals surface area contributed by atoms with Crippen LogP contribution in [0.3, 0.4) is 0 Å². The van der Waals surface area contributed by atoms with Gasteiger partial charge < -0.3 is 15.5 Å². The molecule has 1 aliphatic heterocycles. The highest BCUT2D eigenvalue weighted by atomic mass is 16.1. The maximum Gasteiger partial charge on any atom is 0.221 e. The van der Waals surface area contributed by atoms with E-state index in [1.165, 1.54) is 25.9 Å². The molecule has 1 saturated heterocycles. The number of likely N-dealkylation sites (tertiary alicyclic amines) is 1. The van der Waals surface area contributed by atoms with Crippen molar-refractivity contribution in [2.45, 2.75) is 33.1 Å². The fourth-order valence-electron chi connectivity index (χ4n) is 2.11. The molecular weight excluding hydrogens is 214 g/mol. The van der Waals surface area contributed by atoms with Crippen molar-refractivity contribution in [3.63, 3.8) is 0 Å². The van der Waals surface area contributed by atoms with Crippen molar-refractivity contribution in [3.05, 3.63) is 0 Å². The summed E-state index contributed by atoms with van der Waals surface area (Å²) in [6.07, 6.45) is 3.19. The lowest BCUT2D eigenvalue weighted by molar-refractivity contribution is -0.121. The molecule has 1 rings (SSSR count). The van der Waals surface area contributed by atoms with Gasteiger partial charge in [-0.1, -0.05) is 13.8 Å². The van der Waals surface area contributed by atoms with E-state index >= 15 is 0 Å². The van der Waals surface area contributed by atoms with Crippen molar-refractivity contribution in [2.75, 3.05) is 39.3 Å². The second kappa shape index (κ2) is 8.48. The molecule has 0 aliphatic carbocycles. The molecule has 2 N–H and O–H groups in total. The van der Waals surface area contributed by atoms with Crippen LogP contribution in [0.5, 0.6) is 0 Å². The minimum Gasteiger partial charge on any atom is -0.355 e. The van der Waals surface area contributed by atoms with Gasteiger partial charge in [-0.3, -0.25) is 4.79 Å². The topological polar surface area (TPSA) is 44.4 Å². The van der Waals surface area contributed by atoms with Gasteiger partial charge in [0.2, 0.25) is 5.91 Å². The fourth-order valence-corrected chi connectivity index (χ4v) is 2.11. The average molecular weight is 241 g/mol. The van der Waals surface area contributed by atoms with Gasteiger partial charge in [-0.15, -0.1) is 0 Å². The highest BCUT2D eigenvalue weighted by Crippen LogP contribution is 2.14. The number of hydrogen-bond acceptors (Lipinski definition) is 3. The van der Waals surface area contributed by atoms with Gasteiger partial charge in [0.15, 0.2) is 0 Å². The maximum atomic E-state index is 11.4. The molecule has 0 spiro atoms. The molecular formula is C13H27N3O. The van der Waals surface area contributed by atoms with Crippen molar-refractivity contribution < 1.29 is 4.79 Å². The first-order valence-electron chi connectivity index (χ1n) is 6.92. The van der Waals surface area contributed by atoms with E-state index < -0.39 is 0 Å². The zero-order valence-corrected chi connectivity index (χ0v) is 11.3. The van der Waals surface area contributed by atoms with Crippen molar-refractivity contribution in [2.24, 2.45) is 5.92 Å². The summed E-state index contributed by atoms with van der Waals surface area (Å²) in [4.78, 5) is 13.9. The largest absolute Gasteiger partial charge is 0.355 e. The summed E-state index contributed by atoms with van der Waals surface area (Å²) in [6.45, 7) is 10.2. The molecule has 0 aromatic heterocycles. The number of hydrogen-bond donors (Lipinski definition) is 2. The van der Waals surface area contributed by atoms with E-state index in [1.807, 2.05) is 0 Å². The molecule has 1 aliphatic rings. The molecule has 0 unspecified atom stereocenters. The molecule has 0 saturated carbocycles. The Hall–Kier alpha value is -0.610. The second-order valence-corrected chi connectivity index (χ2v) is 4.98. The van der Waals surface area contributed by atoms with Crippen LogP contribution in [-0.4, -0.2) is 50.1 Å². The zero-order chi connectivity index (χ0) is 12.5. The summed E-state index contributed by atoms with van der Waals surface area (Å²) in [6, 6.07) is 0. The van der Waals surface area contributed by atoms with Crippen LogP contribution in [0.4, 0.5) is 0 Å². The SMILES string of the molecule is CCNCCC(=O)NCCN1CCC(C)CC1. The van der Waals surface area contributed by atoms with E-state index in [0.29, 0.717) is 6.42 Å². The minimum absolute atomic E-state index is 0.163. The molecule has 0 bridgehead atoms. The number of nitrogens with one attached hydrogen (secondary N) is 2. The molecule has 0 aromatic carbocycles. The van der Waals surface area contributed by atoms with Crippen LogP contribution in [0.15, 0.2) is 0 Å². The Labute approximate surface area is 105 Å². The Morgan fingerprint density at radius 2 is 2.00 bits per heavy atom. The third kappa shape index (κ3) is 6.64. The standard InChI is InChI=1S/C13H27N3O/c1-3-14-7-4-13(17)15-8-11-16-9-5-12(2)6-10-16/h12,14H,3-11H2,1-2H3,(H,15,17). The number of piperidine rings is 1. The predicted molar refractivity (Wildman–Crippen MR) is 71.0 cm³/mol. The van der Waals surface area contributed by atoms with Gasteiger partial charge in [-0.25, -0.2) is 0 Å². The first-order chi connectivity index (χ1) is 8.22. The zero-order valence-electron chi connectivity index (χ0n) is 11.3. The van der Waals surface area contributed by atoms with E-state index in [9.17, 15) is 4.79 Å². The van der Waals surface area contributed by atoms with Gasteiger partial charge in [-0.05, 0) is 38.4 Å². The number of rotatable bonds is 7. The van der Waals surface area contributed by atoms with E-state index in [-0.39, 0.29) is 5.91 Å². The van der Waals surface area contributed by atoms with E-state index in [0.717, 1.165) is 32.1 Å². The van der Waals surface area contributed by atoms with Crippen LogP contribution in [0.25, 0.3) is 0 Å². The third-order valence-corrected chi connectivity index (χ3v) is 3.41. The summed E-state index contributed by atoms with van der Waals surface area (Å²) in [5, 5.41) is 6.13. The first-order valence-corrected chi connectivity index (χ1v) is 6.92. The third-order valence-electron chi connectivity index (χ3n) is 3.41. The Balaban J connectivity index is 1.97. The van der Waals surface area contributed by atoms with Gasteiger partial charge in [-0.2, -0.15) is 0 Å². The number of carbonyl (C=O) groups is 1. The molecule has 4 nitrogen and oxygen atoms in total. The van der Waals surface area contributed by atoms with E-state index in [4.69, 9.17) is 0 Å². The van der Waals surface area contributed by atoms with Gasteiger partial charge >= 0.3 is 0 Å². The van der Waals surface area contributed by atoms with Crippen molar-refractivity contribution >= 4 is 5.91 Å². The summed E-state index contributed by atoms with van der Waals surface area (Å²) < 4.78 is 0. The lowest BCUT2D eigenvalue weighted by atomic mass is 9.99. The maximum absolute atomic E-state index is 11.4. The van der Waals surface area contributed by atoms with E-state index in [1.54, 1.807) is 0 Å². The van der Waals surface area contributed by atoms with Crippen LogP contribution in [0.1, 0.15) is 33.1 Å². The highest BCUT2D eigenvalue weighted by molar-refractivity contribution is 5.76.